The fourth-order valence-electron chi connectivity index (χ4n) is 21.8. The molecule has 0 atom stereocenters. The summed E-state index contributed by atoms with van der Waals surface area (Å²) in [4.78, 5) is 0. The Balaban J connectivity index is 0.953. The topological polar surface area (TPSA) is 0 Å². The van der Waals surface area contributed by atoms with Gasteiger partial charge in [0, 0.05) is 94.6 Å². The van der Waals surface area contributed by atoms with Gasteiger partial charge in [0.15, 0.2) is 0 Å². The molecule has 15 aromatic rings. The highest BCUT2D eigenvalue weighted by atomic mass is 14.2. The van der Waals surface area contributed by atoms with Crippen molar-refractivity contribution in [2.75, 3.05) is 0 Å². The fraction of sp³-hybridized carbons (Fsp3) is 0.333. The molecule has 0 saturated carbocycles. The molecule has 0 radical (unpaired) electrons. The van der Waals surface area contributed by atoms with E-state index in [1.54, 1.807) is 0 Å². The Morgan fingerprint density at radius 1 is 0.147 bits per heavy atom. The van der Waals surface area contributed by atoms with Gasteiger partial charge in [0.2, 0.25) is 0 Å². The van der Waals surface area contributed by atoms with E-state index in [2.05, 4.69) is 427 Å². The smallest absolute Gasteiger partial charge is 0.0764 e. The molecule has 20 bridgehead atoms. The molecule has 746 valence electrons. The molecule has 0 aromatic heterocycles. The van der Waals surface area contributed by atoms with Crippen LogP contribution < -0.4 is 0 Å². The third-order valence-electron chi connectivity index (χ3n) is 29.8. The minimum atomic E-state index is -0.690. The SMILES string of the molecule is CCCCCCCCc1cc2cc(c1)C#CC1C#Cc3cc(cc(CCCCCCCC)c3)C#Cc3c4ccccc4c(c4ccccc34)C#Cc3cc(cc(CCCCCCCC)c3)C#CC(C#Cc3cc(cc(CCCCCCCC)c3)C#Cc3c4ccccc4c(c4ccccc34)C#C2)c2cc(cc(CCCCCCCC)c2)C#Cc2c3ccccc3c(c3ccccc23)C#Cc2cc(cc(CCCCCCCC)c2)C#C1. The van der Waals surface area contributed by atoms with Crippen molar-refractivity contribution < 1.29 is 0 Å². The van der Waals surface area contributed by atoms with Crippen molar-refractivity contribution in [3.63, 3.8) is 0 Å². The first-order chi connectivity index (χ1) is 74.1. The second-order valence-corrected chi connectivity index (χ2v) is 41.9. The second kappa shape index (κ2) is 56.4. The average Bonchev–Trinajstić information content (AvgIpc) is 0.759. The molecule has 0 saturated heterocycles. The average molecular weight is 1950 g/mol. The summed E-state index contributed by atoms with van der Waals surface area (Å²) in [5.74, 6) is 83.8. The third-order valence-corrected chi connectivity index (χ3v) is 29.8. The molecule has 0 nitrogen and oxygen atoms in total. The number of hydrogen-bond donors (Lipinski definition) is 0. The highest BCUT2D eigenvalue weighted by Gasteiger charge is 2.20. The maximum atomic E-state index is 3.99. The Labute approximate surface area is 899 Å². The summed E-state index contributed by atoms with van der Waals surface area (Å²) in [6, 6.07) is 93.8. The fourth-order valence-corrected chi connectivity index (χ4v) is 21.8. The molecule has 0 heteroatoms. The third kappa shape index (κ3) is 30.0. The van der Waals surface area contributed by atoms with Crippen LogP contribution in [0.3, 0.4) is 0 Å². The zero-order valence-electron chi connectivity index (χ0n) is 90.1. The lowest BCUT2D eigenvalue weighted by molar-refractivity contribution is 0.607. The van der Waals surface area contributed by atoms with E-state index in [1.165, 1.54) is 187 Å². The molecule has 5 aliphatic rings. The summed E-state index contributed by atoms with van der Waals surface area (Å²) in [5, 5.41) is 12.7. The molecule has 0 N–H and O–H groups in total. The van der Waals surface area contributed by atoms with Crippen molar-refractivity contribution in [2.24, 2.45) is 5.92 Å². The monoisotopic (exact) mass is 1950 g/mol. The van der Waals surface area contributed by atoms with Gasteiger partial charge in [-0.2, -0.15) is 0 Å². The van der Waals surface area contributed by atoms with Crippen molar-refractivity contribution in [3.8, 4) is 130 Å². The van der Waals surface area contributed by atoms with Crippen LogP contribution in [0, 0.1) is 136 Å². The Hall–Kier alpha value is -15.0. The number of benzene rings is 15. The van der Waals surface area contributed by atoms with Crippen LogP contribution in [0.15, 0.2) is 255 Å². The molecule has 5 aliphatic carbocycles. The zero-order valence-corrected chi connectivity index (χ0v) is 90.1. The molecule has 20 rings (SSSR count). The molecule has 150 heavy (non-hydrogen) atoms. The van der Waals surface area contributed by atoms with Gasteiger partial charge in [0.1, 0.15) is 11.8 Å². The van der Waals surface area contributed by atoms with Crippen LogP contribution in [0.1, 0.15) is 412 Å². The summed E-state index contributed by atoms with van der Waals surface area (Å²) in [6.07, 6.45) is 48.4. The maximum absolute atomic E-state index is 3.99. The molecule has 15 aromatic carbocycles. The van der Waals surface area contributed by atoms with E-state index in [0.29, 0.717) is 0 Å². The first-order valence-corrected chi connectivity index (χ1v) is 57.5. The summed E-state index contributed by atoms with van der Waals surface area (Å²) in [6.45, 7) is 13.8. The second-order valence-electron chi connectivity index (χ2n) is 41.9. The van der Waals surface area contributed by atoms with Crippen LogP contribution in [0.25, 0.3) is 64.6 Å². The number of unbranched alkanes of at least 4 members (excludes halogenated alkanes) is 30. The Kier molecular flexibility index (Phi) is 40.0. The first-order valence-electron chi connectivity index (χ1n) is 57.5. The van der Waals surface area contributed by atoms with Crippen molar-refractivity contribution in [2.45, 2.75) is 317 Å². The summed E-state index contributed by atoms with van der Waals surface area (Å²) >= 11 is 0. The molecule has 0 aliphatic heterocycles. The van der Waals surface area contributed by atoms with Crippen LogP contribution in [0.4, 0.5) is 0 Å². The van der Waals surface area contributed by atoms with Crippen LogP contribution in [-0.4, -0.2) is 0 Å². The van der Waals surface area contributed by atoms with E-state index in [9.17, 15) is 0 Å². The van der Waals surface area contributed by atoms with Crippen molar-refractivity contribution >= 4 is 64.6 Å². The molecular weight excluding hydrogens is 1800 g/mol. The van der Waals surface area contributed by atoms with Crippen LogP contribution in [0.5, 0.6) is 0 Å². The normalized spacial score (nSPS) is 12.7. The van der Waals surface area contributed by atoms with Gasteiger partial charge in [-0.3, -0.25) is 0 Å². The maximum Gasteiger partial charge on any atom is 0.142 e. The van der Waals surface area contributed by atoms with Crippen LogP contribution >= 0.6 is 0 Å². The molecular formula is C150H146. The van der Waals surface area contributed by atoms with Gasteiger partial charge in [-0.15, -0.1) is 0 Å². The predicted molar refractivity (Wildman–Crippen MR) is 642 cm³/mol. The first kappa shape index (κ1) is 106. The van der Waals surface area contributed by atoms with Crippen molar-refractivity contribution in [1.29, 1.82) is 0 Å². The zero-order chi connectivity index (χ0) is 103. The lowest BCUT2D eigenvalue weighted by atomic mass is 9.91. The summed E-state index contributed by atoms with van der Waals surface area (Å²) < 4.78 is 0. The van der Waals surface area contributed by atoms with E-state index < -0.39 is 11.8 Å². The Bertz CT molecular complexity index is 7610. The molecule has 0 amide bonds. The number of rotatable bonds is 42. The highest BCUT2D eigenvalue weighted by Crippen LogP contribution is 2.38. The van der Waals surface area contributed by atoms with Crippen LogP contribution in [-0.2, 0) is 38.5 Å². The number of aryl methyl sites for hydroxylation is 6. The summed E-state index contributed by atoms with van der Waals surface area (Å²) in [7, 11) is 0. The number of hydrogen-bond acceptors (Lipinski definition) is 0. The lowest BCUT2D eigenvalue weighted by Gasteiger charge is -2.12. The molecule has 0 unspecified atom stereocenters. The van der Waals surface area contributed by atoms with E-state index in [0.717, 1.165) is 280 Å². The van der Waals surface area contributed by atoms with Crippen molar-refractivity contribution in [1.82, 2.24) is 0 Å². The molecule has 0 spiro atoms. The van der Waals surface area contributed by atoms with E-state index in [4.69, 9.17) is 0 Å². The predicted octanol–water partition coefficient (Wildman–Crippen LogP) is 37.3. The van der Waals surface area contributed by atoms with Crippen molar-refractivity contribution in [3.05, 3.63) is 388 Å². The van der Waals surface area contributed by atoms with Gasteiger partial charge in [-0.05, 0) is 284 Å². The highest BCUT2D eigenvalue weighted by molar-refractivity contribution is 6.12. The molecule has 0 heterocycles. The van der Waals surface area contributed by atoms with E-state index in [1.807, 2.05) is 0 Å². The quantitative estimate of drug-likeness (QED) is 0.0203. The van der Waals surface area contributed by atoms with Crippen LogP contribution in [0.2, 0.25) is 0 Å². The van der Waals surface area contributed by atoms with Gasteiger partial charge in [0.25, 0.3) is 0 Å². The van der Waals surface area contributed by atoms with Gasteiger partial charge >= 0.3 is 0 Å². The van der Waals surface area contributed by atoms with E-state index in [-0.39, 0.29) is 0 Å². The Morgan fingerprint density at radius 2 is 0.300 bits per heavy atom. The van der Waals surface area contributed by atoms with Gasteiger partial charge < -0.3 is 0 Å². The Morgan fingerprint density at radius 3 is 0.487 bits per heavy atom. The van der Waals surface area contributed by atoms with Gasteiger partial charge in [-0.1, -0.05) is 516 Å². The minimum absolute atomic E-state index is 0.554. The molecule has 0 fully saturated rings. The minimum Gasteiger partial charge on any atom is -0.0764 e. The van der Waals surface area contributed by atoms with E-state index >= 15 is 0 Å². The lowest BCUT2D eigenvalue weighted by Crippen LogP contribution is -1.99. The van der Waals surface area contributed by atoms with Gasteiger partial charge in [-0.25, -0.2) is 0 Å². The largest absolute Gasteiger partial charge is 0.142 e. The standard InChI is InChI=1S/C150H146/c1-7-13-19-25-31-37-55-114-95-120-76-73-113-74-77-121-96-115(56-38-32-26-20-14-8-2)101-126(107-121)82-90-146-135-63-45-49-67-139(135)149(140-68-50-46-64-136(140)146)93-85-129-104-118(59-41-35-29-23-17-11-5)99-124(110-129)80-88-131(87-79-123-98-117(58-40-34-28-22-16-10-4)103-128(109-123)84-92-148-137-65-47-43-61-133(137)145(89-81-125(100-114)106-120)134-62-44-48-66-138(134)148)132-111-119(60-42-36-30-24-18-12-6)105-130(112-132)86-94-150-143-71-53-51-69-141(143)147(142-70-52-54-72-144(142)150)91-83-127-102-116(97-122(108-127)78-75-113)57-39-33-27-21-15-9-3/h43-54,61-72,95-113,131H,7-42,55-60H2,1-6H3. The van der Waals surface area contributed by atoms with Gasteiger partial charge in [0.05, 0.1) is 0 Å². The summed E-state index contributed by atoms with van der Waals surface area (Å²) in [5.41, 5.74) is 24.2.